The van der Waals surface area contributed by atoms with Crippen molar-refractivity contribution >= 4 is 28.5 Å². The summed E-state index contributed by atoms with van der Waals surface area (Å²) in [6.45, 7) is 0. The number of hydrogen-bond donors (Lipinski definition) is 1. The molecule has 4 rings (SSSR count). The first-order chi connectivity index (χ1) is 15.0. The highest BCUT2D eigenvalue weighted by atomic mass is 32.1. The van der Waals surface area contributed by atoms with Gasteiger partial charge < -0.3 is 9.84 Å². The van der Waals surface area contributed by atoms with Crippen molar-refractivity contribution < 1.29 is 23.4 Å². The van der Waals surface area contributed by atoms with E-state index in [0.717, 1.165) is 27.2 Å². The van der Waals surface area contributed by atoms with E-state index >= 15 is 0 Å². The van der Waals surface area contributed by atoms with Crippen LogP contribution < -0.4 is 0 Å². The number of cyclic esters (lactones) is 1. The van der Waals surface area contributed by atoms with E-state index in [1.807, 2.05) is 23.6 Å². The monoisotopic (exact) mass is 438 g/mol. The molecule has 0 bridgehead atoms. The molecule has 1 aliphatic rings. The smallest absolute Gasteiger partial charge is 0.309 e. The second kappa shape index (κ2) is 9.37. The lowest BCUT2D eigenvalue weighted by atomic mass is 9.91. The van der Waals surface area contributed by atoms with Crippen LogP contribution in [-0.4, -0.2) is 23.3 Å². The highest BCUT2D eigenvalue weighted by molar-refractivity contribution is 7.11. The minimum atomic E-state index is -0.737. The van der Waals surface area contributed by atoms with Crippen molar-refractivity contribution in [3.05, 3.63) is 106 Å². The predicted molar refractivity (Wildman–Crippen MR) is 117 cm³/mol. The van der Waals surface area contributed by atoms with Crippen molar-refractivity contribution in [2.24, 2.45) is 0 Å². The zero-order chi connectivity index (χ0) is 21.8. The van der Waals surface area contributed by atoms with Crippen molar-refractivity contribution in [2.75, 3.05) is 0 Å². The molecule has 3 nitrogen and oxygen atoms in total. The van der Waals surface area contributed by atoms with E-state index in [-0.39, 0.29) is 18.1 Å². The second-order valence-corrected chi connectivity index (χ2v) is 8.21. The molecule has 0 unspecified atom stereocenters. The van der Waals surface area contributed by atoms with E-state index < -0.39 is 18.2 Å². The summed E-state index contributed by atoms with van der Waals surface area (Å²) in [5.74, 6) is -1.13. The summed E-state index contributed by atoms with van der Waals surface area (Å²) < 4.78 is 32.5. The van der Waals surface area contributed by atoms with Crippen LogP contribution in [0.2, 0.25) is 0 Å². The lowest BCUT2D eigenvalue weighted by Crippen LogP contribution is -2.31. The number of carbonyl (C=O) groups is 1. The van der Waals surface area contributed by atoms with Crippen LogP contribution in [0.15, 0.2) is 78.2 Å². The molecule has 1 saturated heterocycles. The molecule has 0 spiro atoms. The van der Waals surface area contributed by atoms with Crippen LogP contribution >= 0.6 is 11.3 Å². The average Bonchev–Trinajstić information content (AvgIpc) is 3.27. The molecule has 0 saturated carbocycles. The maximum atomic E-state index is 13.6. The molecular weight excluding hydrogens is 418 g/mol. The van der Waals surface area contributed by atoms with Gasteiger partial charge in [-0.25, -0.2) is 8.78 Å². The molecule has 31 heavy (non-hydrogen) atoms. The van der Waals surface area contributed by atoms with E-state index in [2.05, 4.69) is 0 Å². The largest absolute Gasteiger partial charge is 0.458 e. The van der Waals surface area contributed by atoms with Crippen molar-refractivity contribution in [2.45, 2.75) is 25.0 Å². The molecule has 2 heterocycles. The predicted octanol–water partition coefficient (Wildman–Crippen LogP) is 5.61. The van der Waals surface area contributed by atoms with Crippen molar-refractivity contribution in [3.63, 3.8) is 0 Å². The SMILES string of the molecule is O=C1C[C@@H](O)C[C@H](/C=C/C(=C(c2ccc(F)cc2)c2ccc(F)cc2)c2cccs2)O1. The van der Waals surface area contributed by atoms with Gasteiger partial charge >= 0.3 is 5.97 Å². The highest BCUT2D eigenvalue weighted by Crippen LogP contribution is 2.36. The molecule has 1 fully saturated rings. The first-order valence-electron chi connectivity index (χ1n) is 9.85. The molecular formula is C25H20F2O3S. The summed E-state index contributed by atoms with van der Waals surface area (Å²) in [5, 5.41) is 11.8. The summed E-state index contributed by atoms with van der Waals surface area (Å²) in [6.07, 6.45) is 2.64. The Morgan fingerprint density at radius 1 is 1.00 bits per heavy atom. The Bertz CT molecular complexity index is 1050. The summed E-state index contributed by atoms with van der Waals surface area (Å²) in [7, 11) is 0. The second-order valence-electron chi connectivity index (χ2n) is 7.26. The standard InChI is InChI=1S/C25H20F2O3S/c26-18-7-3-16(4-8-18)25(17-5-9-19(27)10-6-17)22(23-2-1-13-31-23)12-11-21-14-20(28)15-24(29)30-21/h1-13,20-21,28H,14-15H2/b12-11+/t20-,21-/m0/s1. The number of aliphatic hydroxyl groups is 1. The van der Waals surface area contributed by atoms with Gasteiger partial charge in [0.1, 0.15) is 17.7 Å². The summed E-state index contributed by atoms with van der Waals surface area (Å²) in [4.78, 5) is 12.6. The Balaban J connectivity index is 1.86. The first-order valence-corrected chi connectivity index (χ1v) is 10.7. The van der Waals surface area contributed by atoms with Gasteiger partial charge in [-0.15, -0.1) is 11.3 Å². The maximum Gasteiger partial charge on any atom is 0.309 e. The number of benzene rings is 2. The molecule has 3 aromatic rings. The molecule has 2 atom stereocenters. The van der Waals surface area contributed by atoms with E-state index in [1.54, 1.807) is 30.3 Å². The van der Waals surface area contributed by atoms with Gasteiger partial charge in [0.25, 0.3) is 0 Å². The number of carbonyl (C=O) groups excluding carboxylic acids is 1. The molecule has 0 amide bonds. The lowest BCUT2D eigenvalue weighted by Gasteiger charge is -2.23. The van der Waals surface area contributed by atoms with Crippen molar-refractivity contribution in [1.82, 2.24) is 0 Å². The van der Waals surface area contributed by atoms with E-state index in [9.17, 15) is 18.7 Å². The average molecular weight is 438 g/mol. The molecule has 1 aromatic heterocycles. The normalized spacial score (nSPS) is 18.7. The molecule has 2 aromatic carbocycles. The Hall–Kier alpha value is -3.09. The number of aliphatic hydroxyl groups excluding tert-OH is 1. The Morgan fingerprint density at radius 2 is 1.61 bits per heavy atom. The van der Waals surface area contributed by atoms with E-state index in [1.165, 1.54) is 35.6 Å². The fourth-order valence-corrected chi connectivity index (χ4v) is 4.32. The van der Waals surface area contributed by atoms with Crippen LogP contribution in [0, 0.1) is 11.6 Å². The van der Waals surface area contributed by atoms with Crippen LogP contribution in [0.25, 0.3) is 11.1 Å². The Labute approximate surface area is 182 Å². The fourth-order valence-electron chi connectivity index (χ4n) is 3.56. The van der Waals surface area contributed by atoms with Crippen molar-refractivity contribution in [3.8, 4) is 0 Å². The number of halogens is 2. The third-order valence-electron chi connectivity index (χ3n) is 4.99. The number of ether oxygens (including phenoxy) is 1. The Morgan fingerprint density at radius 3 is 2.13 bits per heavy atom. The molecule has 1 N–H and O–H groups in total. The van der Waals surface area contributed by atoms with Gasteiger partial charge in [-0.2, -0.15) is 0 Å². The maximum absolute atomic E-state index is 13.6. The van der Waals surface area contributed by atoms with Crippen LogP contribution in [0.5, 0.6) is 0 Å². The number of allylic oxidation sites excluding steroid dienone is 2. The van der Waals surface area contributed by atoms with Crippen molar-refractivity contribution in [1.29, 1.82) is 0 Å². The van der Waals surface area contributed by atoms with Crippen LogP contribution in [0.3, 0.4) is 0 Å². The summed E-state index contributed by atoms with van der Waals surface area (Å²) >= 11 is 1.53. The number of hydrogen-bond acceptors (Lipinski definition) is 4. The van der Waals surface area contributed by atoms with Crippen LogP contribution in [0.4, 0.5) is 8.78 Å². The molecule has 0 radical (unpaired) electrons. The van der Waals surface area contributed by atoms with Gasteiger partial charge in [-0.05, 0) is 64.1 Å². The molecule has 6 heteroatoms. The van der Waals surface area contributed by atoms with Crippen LogP contribution in [-0.2, 0) is 9.53 Å². The topological polar surface area (TPSA) is 46.5 Å². The Kier molecular flexibility index (Phi) is 6.39. The minimum Gasteiger partial charge on any atom is -0.458 e. The van der Waals surface area contributed by atoms with Gasteiger partial charge in [0.2, 0.25) is 0 Å². The molecule has 158 valence electrons. The number of rotatable bonds is 5. The zero-order valence-electron chi connectivity index (χ0n) is 16.5. The third kappa shape index (κ3) is 5.16. The van der Waals surface area contributed by atoms with Gasteiger partial charge in [-0.1, -0.05) is 36.4 Å². The van der Waals surface area contributed by atoms with Gasteiger partial charge in [0.05, 0.1) is 12.5 Å². The minimum absolute atomic E-state index is 0.00559. The molecule has 0 aliphatic carbocycles. The summed E-state index contributed by atoms with van der Waals surface area (Å²) in [5.41, 5.74) is 3.15. The number of esters is 1. The highest BCUT2D eigenvalue weighted by Gasteiger charge is 2.25. The third-order valence-corrected chi connectivity index (χ3v) is 5.89. The summed E-state index contributed by atoms with van der Waals surface area (Å²) in [6, 6.07) is 16.1. The first kappa shape index (κ1) is 21.2. The van der Waals surface area contributed by atoms with Crippen LogP contribution in [0.1, 0.15) is 28.8 Å². The lowest BCUT2D eigenvalue weighted by molar-refractivity contribution is -0.156. The zero-order valence-corrected chi connectivity index (χ0v) is 17.3. The van der Waals surface area contributed by atoms with Gasteiger partial charge in [0.15, 0.2) is 0 Å². The van der Waals surface area contributed by atoms with Gasteiger partial charge in [-0.3, -0.25) is 4.79 Å². The van der Waals surface area contributed by atoms with E-state index in [0.29, 0.717) is 6.42 Å². The quantitative estimate of drug-likeness (QED) is 0.416. The molecule has 1 aliphatic heterocycles. The number of thiophene rings is 1. The van der Waals surface area contributed by atoms with Gasteiger partial charge in [0, 0.05) is 11.3 Å². The fraction of sp³-hybridized carbons (Fsp3) is 0.160. The van der Waals surface area contributed by atoms with E-state index in [4.69, 9.17) is 4.74 Å².